The number of anilines is 1. The van der Waals surface area contributed by atoms with Gasteiger partial charge in [0, 0.05) is 0 Å². The van der Waals surface area contributed by atoms with Crippen LogP contribution in [0.5, 0.6) is 5.75 Å². The first kappa shape index (κ1) is 11.6. The van der Waals surface area contributed by atoms with Crippen LogP contribution in [0.25, 0.3) is 0 Å². The number of rotatable bonds is 3. The first-order chi connectivity index (χ1) is 8.66. The van der Waals surface area contributed by atoms with Crippen LogP contribution in [0.15, 0.2) is 39.1 Å². The molecule has 0 fully saturated rings. The molecule has 1 heterocycles. The molecule has 5 N–H and O–H groups in total. The number of phenolic OH excluding ortho intramolecular Hbond substituents is 1. The zero-order valence-electron chi connectivity index (χ0n) is 9.19. The zero-order chi connectivity index (χ0) is 13.0. The molecule has 92 valence electrons. The molecule has 2 aromatic rings. The number of phenols is 1. The van der Waals surface area contributed by atoms with Crippen molar-refractivity contribution in [1.82, 2.24) is 10.3 Å². The molecule has 1 aromatic carbocycles. The van der Waals surface area contributed by atoms with E-state index in [0.29, 0.717) is 5.56 Å². The SMILES string of the molecule is N/C(=N/N=C\c1cccc(O)c1)c1nonc1N. The number of nitrogens with two attached hydrogens (primary N) is 2. The highest BCUT2D eigenvalue weighted by Gasteiger charge is 2.09. The Morgan fingerprint density at radius 1 is 1.39 bits per heavy atom. The molecular formula is C10H10N6O2. The van der Waals surface area contributed by atoms with Gasteiger partial charge in [-0.25, -0.2) is 4.63 Å². The Bertz CT molecular complexity index is 604. The average Bonchev–Trinajstić information content (AvgIpc) is 2.75. The zero-order valence-corrected chi connectivity index (χ0v) is 9.19. The first-order valence-electron chi connectivity index (χ1n) is 4.91. The number of hydrogen-bond donors (Lipinski definition) is 3. The van der Waals surface area contributed by atoms with Crippen molar-refractivity contribution in [2.45, 2.75) is 0 Å². The summed E-state index contributed by atoms with van der Waals surface area (Å²) in [6.45, 7) is 0. The second kappa shape index (κ2) is 4.95. The first-order valence-corrected chi connectivity index (χ1v) is 4.91. The van der Waals surface area contributed by atoms with Crippen LogP contribution in [0.1, 0.15) is 11.3 Å². The third-order valence-electron chi connectivity index (χ3n) is 2.00. The van der Waals surface area contributed by atoms with Gasteiger partial charge in [0.15, 0.2) is 17.3 Å². The molecule has 0 saturated heterocycles. The molecule has 0 aliphatic heterocycles. The Labute approximate surface area is 102 Å². The number of aromatic nitrogens is 2. The highest BCUT2D eigenvalue weighted by Crippen LogP contribution is 2.09. The smallest absolute Gasteiger partial charge is 0.199 e. The fourth-order valence-corrected chi connectivity index (χ4v) is 1.18. The largest absolute Gasteiger partial charge is 0.508 e. The molecule has 0 unspecified atom stereocenters. The van der Waals surface area contributed by atoms with Gasteiger partial charge in [-0.1, -0.05) is 12.1 Å². The van der Waals surface area contributed by atoms with Crippen molar-refractivity contribution >= 4 is 17.9 Å². The maximum Gasteiger partial charge on any atom is 0.199 e. The van der Waals surface area contributed by atoms with E-state index in [-0.39, 0.29) is 23.1 Å². The van der Waals surface area contributed by atoms with Gasteiger partial charge >= 0.3 is 0 Å². The summed E-state index contributed by atoms with van der Waals surface area (Å²) >= 11 is 0. The standard InChI is InChI=1S/C10H10N6O2/c11-9(8-10(12)16-18-15-8)14-13-5-6-2-1-3-7(17)4-6/h1-5,17H,(H2,11,14)(H2,12,16)/b13-5-. The molecule has 8 nitrogen and oxygen atoms in total. The van der Waals surface area contributed by atoms with E-state index in [2.05, 4.69) is 25.1 Å². The monoisotopic (exact) mass is 246 g/mol. The van der Waals surface area contributed by atoms with E-state index in [0.717, 1.165) is 0 Å². The lowest BCUT2D eigenvalue weighted by molar-refractivity contribution is 0.308. The molecule has 0 atom stereocenters. The molecule has 18 heavy (non-hydrogen) atoms. The van der Waals surface area contributed by atoms with Gasteiger partial charge in [0.25, 0.3) is 0 Å². The van der Waals surface area contributed by atoms with Gasteiger partial charge in [0.05, 0.1) is 6.21 Å². The van der Waals surface area contributed by atoms with E-state index in [1.54, 1.807) is 18.2 Å². The van der Waals surface area contributed by atoms with Gasteiger partial charge in [-0.15, -0.1) is 5.10 Å². The van der Waals surface area contributed by atoms with Crippen molar-refractivity contribution in [3.63, 3.8) is 0 Å². The van der Waals surface area contributed by atoms with E-state index < -0.39 is 0 Å². The number of hydrogen-bond acceptors (Lipinski definition) is 7. The van der Waals surface area contributed by atoms with Gasteiger partial charge in [0.1, 0.15) is 5.75 Å². The van der Waals surface area contributed by atoms with Crippen LogP contribution in [-0.4, -0.2) is 27.5 Å². The number of nitrogens with zero attached hydrogens (tertiary/aromatic N) is 4. The second-order valence-electron chi connectivity index (χ2n) is 3.32. The summed E-state index contributed by atoms with van der Waals surface area (Å²) in [5.74, 6) is 0.176. The predicted octanol–water partition coefficient (Wildman–Crippen LogP) is 0.0968. The van der Waals surface area contributed by atoms with Crippen molar-refractivity contribution in [3.05, 3.63) is 35.5 Å². The highest BCUT2D eigenvalue weighted by atomic mass is 16.6. The third kappa shape index (κ3) is 2.61. The Balaban J connectivity index is 2.13. The van der Waals surface area contributed by atoms with Crippen LogP contribution in [0.2, 0.25) is 0 Å². The molecule has 0 amide bonds. The van der Waals surface area contributed by atoms with Crippen LogP contribution >= 0.6 is 0 Å². The van der Waals surface area contributed by atoms with Crippen molar-refractivity contribution in [1.29, 1.82) is 0 Å². The molecule has 0 aliphatic carbocycles. The average molecular weight is 246 g/mol. The molecule has 2 rings (SSSR count). The lowest BCUT2D eigenvalue weighted by atomic mass is 10.2. The molecular weight excluding hydrogens is 236 g/mol. The minimum atomic E-state index is -0.00912. The van der Waals surface area contributed by atoms with Crippen molar-refractivity contribution in [2.24, 2.45) is 15.9 Å². The summed E-state index contributed by atoms with van der Waals surface area (Å²) in [5.41, 5.74) is 11.8. The van der Waals surface area contributed by atoms with Crippen LogP contribution < -0.4 is 11.5 Å². The third-order valence-corrected chi connectivity index (χ3v) is 2.00. The molecule has 0 spiro atoms. The van der Waals surface area contributed by atoms with Gasteiger partial charge in [-0.3, -0.25) is 0 Å². The Hall–Kier alpha value is -2.90. The minimum absolute atomic E-state index is 0.00912. The molecule has 0 aliphatic rings. The minimum Gasteiger partial charge on any atom is -0.508 e. The summed E-state index contributed by atoms with van der Waals surface area (Å²) in [5, 5.41) is 23.5. The predicted molar refractivity (Wildman–Crippen MR) is 65.1 cm³/mol. The second-order valence-corrected chi connectivity index (χ2v) is 3.32. The van der Waals surface area contributed by atoms with Crippen LogP contribution in [0.3, 0.4) is 0 Å². The van der Waals surface area contributed by atoms with Gasteiger partial charge in [-0.05, 0) is 28.0 Å². The van der Waals surface area contributed by atoms with E-state index in [4.69, 9.17) is 11.5 Å². The lowest BCUT2D eigenvalue weighted by Crippen LogP contribution is -2.15. The fourth-order valence-electron chi connectivity index (χ4n) is 1.18. The van der Waals surface area contributed by atoms with Crippen molar-refractivity contribution < 1.29 is 9.74 Å². The number of nitrogen functional groups attached to an aromatic ring is 1. The Morgan fingerprint density at radius 2 is 2.22 bits per heavy atom. The number of amidine groups is 1. The van der Waals surface area contributed by atoms with E-state index in [1.807, 2.05) is 0 Å². The fraction of sp³-hybridized carbons (Fsp3) is 0. The van der Waals surface area contributed by atoms with Crippen LogP contribution in [0, 0.1) is 0 Å². The van der Waals surface area contributed by atoms with E-state index in [9.17, 15) is 5.11 Å². The quantitative estimate of drug-likeness (QED) is 0.399. The van der Waals surface area contributed by atoms with Gasteiger partial charge < -0.3 is 16.6 Å². The van der Waals surface area contributed by atoms with Crippen molar-refractivity contribution in [3.8, 4) is 5.75 Å². The van der Waals surface area contributed by atoms with E-state index in [1.165, 1.54) is 12.3 Å². The highest BCUT2D eigenvalue weighted by molar-refractivity contribution is 5.99. The summed E-state index contributed by atoms with van der Waals surface area (Å²) in [6, 6.07) is 6.52. The Morgan fingerprint density at radius 3 is 2.89 bits per heavy atom. The number of benzene rings is 1. The normalized spacial score (nSPS) is 12.1. The number of aromatic hydroxyl groups is 1. The van der Waals surface area contributed by atoms with Crippen LogP contribution in [-0.2, 0) is 0 Å². The molecule has 0 radical (unpaired) electrons. The summed E-state index contributed by atoms with van der Waals surface area (Å²) in [7, 11) is 0. The summed E-state index contributed by atoms with van der Waals surface area (Å²) in [6.07, 6.45) is 1.43. The lowest BCUT2D eigenvalue weighted by Gasteiger charge is -1.93. The maximum absolute atomic E-state index is 9.24. The Kier molecular flexibility index (Phi) is 3.19. The van der Waals surface area contributed by atoms with Crippen molar-refractivity contribution in [2.75, 3.05) is 5.73 Å². The molecule has 8 heteroatoms. The van der Waals surface area contributed by atoms with E-state index >= 15 is 0 Å². The van der Waals surface area contributed by atoms with Gasteiger partial charge in [0.2, 0.25) is 0 Å². The van der Waals surface area contributed by atoms with Crippen LogP contribution in [0.4, 0.5) is 5.82 Å². The summed E-state index contributed by atoms with van der Waals surface area (Å²) in [4.78, 5) is 0. The molecule has 0 bridgehead atoms. The summed E-state index contributed by atoms with van der Waals surface area (Å²) < 4.78 is 4.38. The molecule has 0 saturated carbocycles. The topological polar surface area (TPSA) is 136 Å². The maximum atomic E-state index is 9.24. The van der Waals surface area contributed by atoms with Gasteiger partial charge in [-0.2, -0.15) is 5.10 Å². The molecule has 1 aromatic heterocycles.